The summed E-state index contributed by atoms with van der Waals surface area (Å²) in [5, 5.41) is 3.01. The average molecular weight is 272 g/mol. The molecule has 0 unspecified atom stereocenters. The number of ether oxygens (including phenoxy) is 1. The van der Waals surface area contributed by atoms with Gasteiger partial charge in [0.25, 0.3) is 5.91 Å². The Morgan fingerprint density at radius 1 is 1.44 bits per heavy atom. The Balaban J connectivity index is 2.82. The van der Waals surface area contributed by atoms with Crippen molar-refractivity contribution in [1.82, 2.24) is 5.32 Å². The van der Waals surface area contributed by atoms with Crippen molar-refractivity contribution in [2.75, 3.05) is 7.11 Å². The molecule has 1 amide bonds. The summed E-state index contributed by atoms with van der Waals surface area (Å²) < 4.78 is 5.19. The van der Waals surface area contributed by atoms with Crippen LogP contribution in [-0.2, 0) is 9.53 Å². The smallest absolute Gasteiger partial charge is 0.252 e. The summed E-state index contributed by atoms with van der Waals surface area (Å²) in [5.74, 6) is 0.507. The first-order valence-corrected chi connectivity index (χ1v) is 6.82. The van der Waals surface area contributed by atoms with E-state index in [-0.39, 0.29) is 5.91 Å². The SMILES string of the molecule is COC(C)(C)C(=O)NC1(C(N)=S)CCC(C)CC1. The van der Waals surface area contributed by atoms with Crippen molar-refractivity contribution < 1.29 is 9.53 Å². The van der Waals surface area contributed by atoms with E-state index in [1.807, 2.05) is 0 Å². The number of nitrogens with one attached hydrogen (secondary N) is 1. The van der Waals surface area contributed by atoms with Crippen molar-refractivity contribution in [3.05, 3.63) is 0 Å². The third kappa shape index (κ3) is 3.20. The normalized spacial score (nSPS) is 28.8. The van der Waals surface area contributed by atoms with Crippen LogP contribution in [0.15, 0.2) is 0 Å². The van der Waals surface area contributed by atoms with Gasteiger partial charge in [0.2, 0.25) is 0 Å². The summed E-state index contributed by atoms with van der Waals surface area (Å²) in [6.45, 7) is 5.69. The van der Waals surface area contributed by atoms with Gasteiger partial charge in [-0.05, 0) is 45.4 Å². The molecule has 0 heterocycles. The fourth-order valence-electron chi connectivity index (χ4n) is 2.15. The van der Waals surface area contributed by atoms with E-state index in [0.29, 0.717) is 10.9 Å². The topological polar surface area (TPSA) is 64.3 Å². The second-order valence-electron chi connectivity index (χ2n) is 5.80. The lowest BCUT2D eigenvalue weighted by molar-refractivity contribution is -0.141. The van der Waals surface area contributed by atoms with E-state index in [0.717, 1.165) is 25.7 Å². The highest BCUT2D eigenvalue weighted by atomic mass is 32.1. The van der Waals surface area contributed by atoms with Crippen LogP contribution in [0.4, 0.5) is 0 Å². The van der Waals surface area contributed by atoms with Gasteiger partial charge in [0, 0.05) is 7.11 Å². The maximum atomic E-state index is 12.2. The number of carbonyl (C=O) groups is 1. The molecule has 18 heavy (non-hydrogen) atoms. The van der Waals surface area contributed by atoms with Gasteiger partial charge in [-0.2, -0.15) is 0 Å². The van der Waals surface area contributed by atoms with E-state index >= 15 is 0 Å². The summed E-state index contributed by atoms with van der Waals surface area (Å²) >= 11 is 5.17. The third-order valence-electron chi connectivity index (χ3n) is 4.01. The molecule has 5 heteroatoms. The van der Waals surface area contributed by atoms with Crippen LogP contribution < -0.4 is 11.1 Å². The highest BCUT2D eigenvalue weighted by Crippen LogP contribution is 2.32. The van der Waals surface area contributed by atoms with Crippen LogP contribution in [0.3, 0.4) is 0 Å². The molecule has 0 aromatic heterocycles. The summed E-state index contributed by atoms with van der Waals surface area (Å²) in [7, 11) is 1.52. The molecule has 0 spiro atoms. The lowest BCUT2D eigenvalue weighted by atomic mass is 9.76. The fourth-order valence-corrected chi connectivity index (χ4v) is 2.40. The van der Waals surface area contributed by atoms with Gasteiger partial charge in [-0.1, -0.05) is 19.1 Å². The highest BCUT2D eigenvalue weighted by Gasteiger charge is 2.41. The number of methoxy groups -OCH3 is 1. The molecule has 4 nitrogen and oxygen atoms in total. The Morgan fingerprint density at radius 2 is 1.94 bits per heavy atom. The molecule has 0 saturated heterocycles. The van der Waals surface area contributed by atoms with Crippen molar-refractivity contribution in [1.29, 1.82) is 0 Å². The Labute approximate surface area is 115 Å². The highest BCUT2D eigenvalue weighted by molar-refractivity contribution is 7.80. The molecule has 0 bridgehead atoms. The fraction of sp³-hybridized carbons (Fsp3) is 0.846. The van der Waals surface area contributed by atoms with E-state index in [1.165, 1.54) is 7.11 Å². The molecule has 0 aromatic carbocycles. The molecule has 0 radical (unpaired) electrons. The number of hydrogen-bond acceptors (Lipinski definition) is 3. The van der Waals surface area contributed by atoms with Crippen molar-refractivity contribution >= 4 is 23.1 Å². The first-order chi connectivity index (χ1) is 8.23. The van der Waals surface area contributed by atoms with Gasteiger partial charge < -0.3 is 15.8 Å². The van der Waals surface area contributed by atoms with Crippen molar-refractivity contribution in [2.45, 2.75) is 57.6 Å². The summed E-state index contributed by atoms with van der Waals surface area (Å²) in [4.78, 5) is 12.6. The van der Waals surface area contributed by atoms with Crippen molar-refractivity contribution in [3.8, 4) is 0 Å². The lowest BCUT2D eigenvalue weighted by Crippen LogP contribution is -2.62. The molecule has 1 rings (SSSR count). The average Bonchev–Trinajstić information content (AvgIpc) is 2.32. The zero-order valence-corrected chi connectivity index (χ0v) is 12.5. The number of nitrogens with two attached hydrogens (primary N) is 1. The monoisotopic (exact) mass is 272 g/mol. The predicted octanol–water partition coefficient (Wildman–Crippen LogP) is 1.76. The molecule has 3 N–H and O–H groups in total. The number of carbonyl (C=O) groups excluding carboxylic acids is 1. The van der Waals surface area contributed by atoms with Gasteiger partial charge in [-0.15, -0.1) is 0 Å². The maximum Gasteiger partial charge on any atom is 0.252 e. The van der Waals surface area contributed by atoms with Gasteiger partial charge in [0.1, 0.15) is 5.60 Å². The van der Waals surface area contributed by atoms with E-state index < -0.39 is 11.1 Å². The number of thiocarbonyl (C=S) groups is 1. The van der Waals surface area contributed by atoms with Crippen LogP contribution in [0.25, 0.3) is 0 Å². The standard InChI is InChI=1S/C13H24N2O2S/c1-9-5-7-13(8-6-9,10(14)18)15-11(16)12(2,3)17-4/h9H,5-8H2,1-4H3,(H2,14,18)(H,15,16). The van der Waals surface area contributed by atoms with Crippen molar-refractivity contribution in [3.63, 3.8) is 0 Å². The van der Waals surface area contributed by atoms with E-state index in [2.05, 4.69) is 12.2 Å². The van der Waals surface area contributed by atoms with Gasteiger partial charge in [0.05, 0.1) is 10.5 Å². The van der Waals surface area contributed by atoms with Crippen LogP contribution in [-0.4, -0.2) is 29.1 Å². The predicted molar refractivity (Wildman–Crippen MR) is 76.4 cm³/mol. The van der Waals surface area contributed by atoms with Crippen LogP contribution >= 0.6 is 12.2 Å². The molecule has 1 aliphatic rings. The lowest BCUT2D eigenvalue weighted by Gasteiger charge is -2.41. The minimum atomic E-state index is -0.860. The van der Waals surface area contributed by atoms with Crippen LogP contribution in [0.1, 0.15) is 46.5 Å². The quantitative estimate of drug-likeness (QED) is 0.766. The first-order valence-electron chi connectivity index (χ1n) is 6.41. The Morgan fingerprint density at radius 3 is 2.33 bits per heavy atom. The number of amides is 1. The molecule has 104 valence electrons. The van der Waals surface area contributed by atoms with Gasteiger partial charge in [0.15, 0.2) is 0 Å². The largest absolute Gasteiger partial charge is 0.391 e. The van der Waals surface area contributed by atoms with Crippen LogP contribution in [0.2, 0.25) is 0 Å². The maximum absolute atomic E-state index is 12.2. The molecule has 0 aliphatic heterocycles. The third-order valence-corrected chi connectivity index (χ3v) is 4.40. The Kier molecular flexibility index (Phi) is 4.72. The molecule has 0 atom stereocenters. The van der Waals surface area contributed by atoms with Crippen molar-refractivity contribution in [2.24, 2.45) is 11.7 Å². The van der Waals surface area contributed by atoms with Crippen LogP contribution in [0, 0.1) is 5.92 Å². The minimum absolute atomic E-state index is 0.160. The summed E-state index contributed by atoms with van der Waals surface area (Å²) in [6.07, 6.45) is 3.69. The molecule has 1 saturated carbocycles. The molecular formula is C13H24N2O2S. The Bertz CT molecular complexity index is 334. The number of hydrogen-bond donors (Lipinski definition) is 2. The van der Waals surface area contributed by atoms with Crippen LogP contribution in [0.5, 0.6) is 0 Å². The summed E-state index contributed by atoms with van der Waals surface area (Å²) in [5.41, 5.74) is 4.46. The zero-order valence-electron chi connectivity index (χ0n) is 11.7. The van der Waals surface area contributed by atoms with Gasteiger partial charge in [-0.3, -0.25) is 4.79 Å². The molecule has 0 aromatic rings. The van der Waals surface area contributed by atoms with Gasteiger partial charge >= 0.3 is 0 Å². The summed E-state index contributed by atoms with van der Waals surface area (Å²) in [6, 6.07) is 0. The van der Waals surface area contributed by atoms with E-state index in [1.54, 1.807) is 13.8 Å². The minimum Gasteiger partial charge on any atom is -0.391 e. The second-order valence-corrected chi connectivity index (χ2v) is 6.24. The van der Waals surface area contributed by atoms with E-state index in [9.17, 15) is 4.79 Å². The number of rotatable bonds is 4. The molecule has 1 aliphatic carbocycles. The van der Waals surface area contributed by atoms with Gasteiger partial charge in [-0.25, -0.2) is 0 Å². The first kappa shape index (κ1) is 15.4. The van der Waals surface area contributed by atoms with E-state index in [4.69, 9.17) is 22.7 Å². The molecular weight excluding hydrogens is 248 g/mol. The zero-order chi connectivity index (χ0) is 14.0. The Hall–Kier alpha value is -0.680. The second kappa shape index (κ2) is 5.53. The molecule has 1 fully saturated rings.